The van der Waals surface area contributed by atoms with Gasteiger partial charge in [-0.1, -0.05) is 6.08 Å². The number of fused-ring (bicyclic) bond motifs is 1. The van der Waals surface area contributed by atoms with Crippen molar-refractivity contribution in [3.8, 4) is 0 Å². The summed E-state index contributed by atoms with van der Waals surface area (Å²) in [6.45, 7) is 5.93. The summed E-state index contributed by atoms with van der Waals surface area (Å²) in [4.78, 5) is 6.50. The van der Waals surface area contributed by atoms with E-state index < -0.39 is 0 Å². The lowest BCUT2D eigenvalue weighted by atomic mass is 10.2. The van der Waals surface area contributed by atoms with Gasteiger partial charge in [-0.25, -0.2) is 0 Å². The molecule has 1 fully saturated rings. The van der Waals surface area contributed by atoms with E-state index in [2.05, 4.69) is 44.8 Å². The van der Waals surface area contributed by atoms with E-state index in [0.29, 0.717) is 5.84 Å². The topological polar surface area (TPSA) is 42.4 Å². The van der Waals surface area contributed by atoms with Crippen LogP contribution in [0.4, 0.5) is 11.4 Å². The van der Waals surface area contributed by atoms with Crippen molar-refractivity contribution in [3.63, 3.8) is 0 Å². The van der Waals surface area contributed by atoms with Crippen LogP contribution in [0, 0.1) is 5.41 Å². The molecule has 0 saturated carbocycles. The lowest BCUT2D eigenvalue weighted by molar-refractivity contribution is 0.345. The average Bonchev–Trinajstić information content (AvgIpc) is 3.33. The smallest absolute Gasteiger partial charge is 0.112 e. The molecule has 0 bridgehead atoms. The zero-order chi connectivity index (χ0) is 17.1. The summed E-state index contributed by atoms with van der Waals surface area (Å²) in [6.07, 6.45) is 5.82. The minimum Gasteiger partial charge on any atom is -0.368 e. The summed E-state index contributed by atoms with van der Waals surface area (Å²) < 4.78 is 0. The molecule has 1 unspecified atom stereocenters. The van der Waals surface area contributed by atoms with Gasteiger partial charge in [-0.05, 0) is 56.0 Å². The van der Waals surface area contributed by atoms with Crippen molar-refractivity contribution in [3.05, 3.63) is 29.7 Å². The number of likely N-dealkylation sites (tertiary alicyclic amines) is 1. The molecule has 2 N–H and O–H groups in total. The van der Waals surface area contributed by atoms with Crippen molar-refractivity contribution >= 4 is 40.7 Å². The van der Waals surface area contributed by atoms with E-state index in [-0.39, 0.29) is 5.25 Å². The fraction of sp³-hybridized carbons (Fsp3) is 0.526. The third-order valence-electron chi connectivity index (χ3n) is 5.09. The molecule has 3 aliphatic heterocycles. The molecule has 4 nitrogen and oxygen atoms in total. The molecule has 0 spiro atoms. The number of hydrogen-bond acceptors (Lipinski definition) is 5. The second kappa shape index (κ2) is 8.06. The molecule has 134 valence electrons. The van der Waals surface area contributed by atoms with Crippen LogP contribution in [-0.4, -0.2) is 54.5 Å². The standard InChI is InChI=1S/C19H26N4S2/c20-19(18-4-3-12-24-18)21-15-5-6-17-16(14-15)23(11-13-25-17)10-9-22-7-1-2-8-22/h3,5-6,12,14,18H,1-2,4,7-11,13H2,(H2,20,21). The second-order valence-electron chi connectivity index (χ2n) is 6.84. The largest absolute Gasteiger partial charge is 0.368 e. The van der Waals surface area contributed by atoms with Gasteiger partial charge in [0.25, 0.3) is 0 Å². The number of amidine groups is 1. The van der Waals surface area contributed by atoms with Crippen LogP contribution in [-0.2, 0) is 0 Å². The highest BCUT2D eigenvalue weighted by atomic mass is 32.2. The van der Waals surface area contributed by atoms with Crippen molar-refractivity contribution in [1.82, 2.24) is 4.90 Å². The lowest BCUT2D eigenvalue weighted by Crippen LogP contribution is -2.36. The highest BCUT2D eigenvalue weighted by Gasteiger charge is 2.21. The number of thioether (sulfide) groups is 2. The summed E-state index contributed by atoms with van der Waals surface area (Å²) in [7, 11) is 0. The van der Waals surface area contributed by atoms with E-state index in [4.69, 9.17) is 5.41 Å². The van der Waals surface area contributed by atoms with Crippen LogP contribution in [0.5, 0.6) is 0 Å². The number of hydrogen-bond donors (Lipinski definition) is 2. The molecule has 1 atom stereocenters. The van der Waals surface area contributed by atoms with Crippen molar-refractivity contribution in [2.45, 2.75) is 29.4 Å². The normalized spacial score (nSPS) is 23.0. The van der Waals surface area contributed by atoms with Crippen LogP contribution in [0.1, 0.15) is 19.3 Å². The molecule has 4 rings (SSSR count). The van der Waals surface area contributed by atoms with Gasteiger partial charge in [-0.15, -0.1) is 23.5 Å². The van der Waals surface area contributed by atoms with E-state index in [1.807, 2.05) is 11.8 Å². The molecular formula is C19H26N4S2. The van der Waals surface area contributed by atoms with Crippen LogP contribution < -0.4 is 10.2 Å². The van der Waals surface area contributed by atoms with E-state index >= 15 is 0 Å². The van der Waals surface area contributed by atoms with Gasteiger partial charge in [0.1, 0.15) is 5.84 Å². The molecule has 6 heteroatoms. The Morgan fingerprint density at radius 3 is 2.88 bits per heavy atom. The predicted octanol–water partition coefficient (Wildman–Crippen LogP) is 4.10. The van der Waals surface area contributed by atoms with E-state index in [0.717, 1.165) is 25.2 Å². The molecular weight excluding hydrogens is 348 g/mol. The van der Waals surface area contributed by atoms with E-state index in [9.17, 15) is 0 Å². The Balaban J connectivity index is 1.43. The number of nitrogens with zero attached hydrogens (tertiary/aromatic N) is 2. The van der Waals surface area contributed by atoms with Crippen molar-refractivity contribution in [2.24, 2.45) is 0 Å². The minimum atomic E-state index is 0.247. The van der Waals surface area contributed by atoms with E-state index in [1.165, 1.54) is 48.8 Å². The highest BCUT2D eigenvalue weighted by molar-refractivity contribution is 8.03. The first-order valence-corrected chi connectivity index (χ1v) is 11.1. The summed E-state index contributed by atoms with van der Waals surface area (Å²) in [5.74, 6) is 1.78. The number of benzene rings is 1. The fourth-order valence-electron chi connectivity index (χ4n) is 3.66. The third kappa shape index (κ3) is 4.18. The quantitative estimate of drug-likeness (QED) is 0.600. The molecule has 1 aromatic rings. The maximum atomic E-state index is 8.31. The molecule has 3 heterocycles. The Morgan fingerprint density at radius 1 is 1.20 bits per heavy atom. The zero-order valence-electron chi connectivity index (χ0n) is 14.5. The maximum Gasteiger partial charge on any atom is 0.112 e. The maximum absolute atomic E-state index is 8.31. The van der Waals surface area contributed by atoms with Crippen LogP contribution in [0.25, 0.3) is 0 Å². The fourth-order valence-corrected chi connectivity index (χ4v) is 5.52. The van der Waals surface area contributed by atoms with Gasteiger partial charge in [0.2, 0.25) is 0 Å². The van der Waals surface area contributed by atoms with Gasteiger partial charge < -0.3 is 15.1 Å². The van der Waals surface area contributed by atoms with Gasteiger partial charge >= 0.3 is 0 Å². The summed E-state index contributed by atoms with van der Waals surface area (Å²) in [6, 6.07) is 6.59. The van der Waals surface area contributed by atoms with Gasteiger partial charge in [-0.3, -0.25) is 5.41 Å². The Bertz CT molecular complexity index is 647. The highest BCUT2D eigenvalue weighted by Crippen LogP contribution is 2.37. The summed E-state index contributed by atoms with van der Waals surface area (Å²) in [5.41, 5.74) is 2.38. The molecule has 25 heavy (non-hydrogen) atoms. The summed E-state index contributed by atoms with van der Waals surface area (Å²) >= 11 is 3.69. The lowest BCUT2D eigenvalue weighted by Gasteiger charge is -2.32. The van der Waals surface area contributed by atoms with Crippen LogP contribution >= 0.6 is 23.5 Å². The van der Waals surface area contributed by atoms with Gasteiger partial charge in [0.15, 0.2) is 0 Å². The second-order valence-corrected chi connectivity index (χ2v) is 9.09. The van der Waals surface area contributed by atoms with Crippen LogP contribution in [0.15, 0.2) is 34.6 Å². The van der Waals surface area contributed by atoms with Gasteiger partial charge in [-0.2, -0.15) is 0 Å². The SMILES string of the molecule is N=C(Nc1ccc2c(c1)N(CCN1CCCC1)CCS2)C1CC=CS1. The van der Waals surface area contributed by atoms with Gasteiger partial charge in [0.05, 0.1) is 10.9 Å². The average molecular weight is 375 g/mol. The number of nitrogens with one attached hydrogen (secondary N) is 2. The Morgan fingerprint density at radius 2 is 2.08 bits per heavy atom. The molecule has 0 amide bonds. The zero-order valence-corrected chi connectivity index (χ0v) is 16.2. The Kier molecular flexibility index (Phi) is 5.58. The number of rotatable bonds is 5. The molecule has 0 radical (unpaired) electrons. The minimum absolute atomic E-state index is 0.247. The molecule has 3 aliphatic rings. The van der Waals surface area contributed by atoms with Gasteiger partial charge in [0, 0.05) is 36.0 Å². The Labute approximate surface area is 158 Å². The Hall–Kier alpha value is -1.11. The summed E-state index contributed by atoms with van der Waals surface area (Å²) in [5, 5.41) is 14.0. The van der Waals surface area contributed by atoms with Crippen molar-refractivity contribution in [2.75, 3.05) is 48.7 Å². The first kappa shape index (κ1) is 17.3. The number of allylic oxidation sites excluding steroid dienone is 1. The van der Waals surface area contributed by atoms with E-state index in [1.54, 1.807) is 11.8 Å². The first-order valence-electron chi connectivity index (χ1n) is 9.20. The third-order valence-corrected chi connectivity index (χ3v) is 7.24. The molecule has 1 saturated heterocycles. The number of anilines is 2. The van der Waals surface area contributed by atoms with Crippen molar-refractivity contribution in [1.29, 1.82) is 5.41 Å². The van der Waals surface area contributed by atoms with Crippen molar-refractivity contribution < 1.29 is 0 Å². The van der Waals surface area contributed by atoms with Crippen LogP contribution in [0.2, 0.25) is 0 Å². The molecule has 0 aromatic heterocycles. The predicted molar refractivity (Wildman–Crippen MR) is 112 cm³/mol. The molecule has 1 aromatic carbocycles. The monoisotopic (exact) mass is 374 g/mol. The first-order chi connectivity index (χ1) is 12.3. The van der Waals surface area contributed by atoms with Crippen LogP contribution in [0.3, 0.4) is 0 Å². The molecule has 0 aliphatic carbocycles.